The van der Waals surface area contributed by atoms with Gasteiger partial charge < -0.3 is 4.90 Å². The number of hydrogen-bond donors (Lipinski definition) is 0. The molecule has 0 fully saturated rings. The molecule has 0 saturated heterocycles. The number of nitrogens with zero attached hydrogens (tertiary/aromatic N) is 1. The van der Waals surface area contributed by atoms with Gasteiger partial charge in [0.05, 0.1) is 0 Å². The Morgan fingerprint density at radius 1 is 0.259 bits per heavy atom. The molecule has 0 atom stereocenters. The van der Waals surface area contributed by atoms with E-state index in [1.807, 2.05) is 11.3 Å². The third-order valence-corrected chi connectivity index (χ3v) is 11.6. The third-order valence-electron chi connectivity index (χ3n) is 10.4. The Balaban J connectivity index is 1.02. The van der Waals surface area contributed by atoms with E-state index in [1.54, 1.807) is 0 Å². The molecule has 2 heteroatoms. The summed E-state index contributed by atoms with van der Waals surface area (Å²) in [5.74, 6) is 0. The van der Waals surface area contributed by atoms with E-state index in [2.05, 4.69) is 217 Å². The molecule has 0 N–H and O–H groups in total. The van der Waals surface area contributed by atoms with Crippen LogP contribution >= 0.6 is 11.3 Å². The van der Waals surface area contributed by atoms with Crippen LogP contribution in [0.4, 0.5) is 17.1 Å². The van der Waals surface area contributed by atoms with Crippen LogP contribution in [-0.2, 0) is 0 Å². The first kappa shape index (κ1) is 32.0. The van der Waals surface area contributed by atoms with Crippen molar-refractivity contribution in [2.45, 2.75) is 0 Å². The molecule has 10 rings (SSSR count). The molecule has 1 nitrogen and oxygen atoms in total. The number of anilines is 3. The van der Waals surface area contributed by atoms with Gasteiger partial charge in [-0.05, 0) is 122 Å². The minimum Gasteiger partial charge on any atom is -0.310 e. The van der Waals surface area contributed by atoms with E-state index in [1.165, 1.54) is 75.5 Å². The summed E-state index contributed by atoms with van der Waals surface area (Å²) in [6.07, 6.45) is 0. The molecule has 0 amide bonds. The summed E-state index contributed by atoms with van der Waals surface area (Å²) in [7, 11) is 0. The first-order valence-corrected chi connectivity index (χ1v) is 19.2. The van der Waals surface area contributed by atoms with Gasteiger partial charge in [-0.3, -0.25) is 0 Å². The van der Waals surface area contributed by atoms with Crippen molar-refractivity contribution in [3.63, 3.8) is 0 Å². The van der Waals surface area contributed by atoms with Crippen molar-refractivity contribution >= 4 is 59.3 Å². The standard InChI is InChI=1S/C52H35NS/c1-2-11-36(12-3-1)44-19-10-20-47(34-44)53(48-29-30-52-50(35-48)49-21-6-7-22-51(49)54-52)46-27-25-38(26-28-46)40-15-8-16-41(31-40)42-17-9-18-43(33-42)45-24-23-37-13-4-5-14-39(37)32-45/h1-35H. The molecule has 0 saturated carbocycles. The van der Waals surface area contributed by atoms with Crippen molar-refractivity contribution in [1.29, 1.82) is 0 Å². The quantitative estimate of drug-likeness (QED) is 0.160. The molecular weight excluding hydrogens is 671 g/mol. The van der Waals surface area contributed by atoms with Gasteiger partial charge in [-0.25, -0.2) is 0 Å². The average molecular weight is 706 g/mol. The highest BCUT2D eigenvalue weighted by Gasteiger charge is 2.16. The van der Waals surface area contributed by atoms with Crippen molar-refractivity contribution in [2.75, 3.05) is 4.90 Å². The lowest BCUT2D eigenvalue weighted by Gasteiger charge is -2.26. The van der Waals surface area contributed by atoms with Crippen LogP contribution in [0.15, 0.2) is 212 Å². The maximum Gasteiger partial charge on any atom is 0.0468 e. The van der Waals surface area contributed by atoms with Crippen LogP contribution in [0.5, 0.6) is 0 Å². The van der Waals surface area contributed by atoms with Gasteiger partial charge in [0.2, 0.25) is 0 Å². The minimum atomic E-state index is 1.11. The molecule has 0 aliphatic rings. The van der Waals surface area contributed by atoms with E-state index in [9.17, 15) is 0 Å². The van der Waals surface area contributed by atoms with E-state index in [0.717, 1.165) is 17.1 Å². The topological polar surface area (TPSA) is 3.24 Å². The van der Waals surface area contributed by atoms with Crippen molar-refractivity contribution in [3.05, 3.63) is 212 Å². The first-order valence-electron chi connectivity index (χ1n) is 18.4. The van der Waals surface area contributed by atoms with Gasteiger partial charge in [-0.2, -0.15) is 0 Å². The zero-order valence-electron chi connectivity index (χ0n) is 29.6. The molecule has 0 aliphatic heterocycles. The molecular formula is C52H35NS. The van der Waals surface area contributed by atoms with Gasteiger partial charge in [-0.1, -0.05) is 146 Å². The molecule has 254 valence electrons. The van der Waals surface area contributed by atoms with Crippen LogP contribution in [-0.4, -0.2) is 0 Å². The fraction of sp³-hybridized carbons (Fsp3) is 0. The van der Waals surface area contributed by atoms with Gasteiger partial charge in [0.25, 0.3) is 0 Å². The van der Waals surface area contributed by atoms with Crippen molar-refractivity contribution in [1.82, 2.24) is 0 Å². The van der Waals surface area contributed by atoms with Crippen LogP contribution < -0.4 is 4.90 Å². The Bertz CT molecular complexity index is 2940. The Morgan fingerprint density at radius 3 is 1.52 bits per heavy atom. The third kappa shape index (κ3) is 6.03. The molecule has 1 aromatic heterocycles. The summed E-state index contributed by atoms with van der Waals surface area (Å²) < 4.78 is 2.62. The summed E-state index contributed by atoms with van der Waals surface area (Å²) in [4.78, 5) is 2.39. The maximum absolute atomic E-state index is 2.39. The minimum absolute atomic E-state index is 1.11. The van der Waals surface area contributed by atoms with Gasteiger partial charge in [0, 0.05) is 37.2 Å². The molecule has 0 spiro atoms. The zero-order valence-corrected chi connectivity index (χ0v) is 30.4. The summed E-state index contributed by atoms with van der Waals surface area (Å²) in [5, 5.41) is 5.11. The van der Waals surface area contributed by atoms with Gasteiger partial charge in [0.15, 0.2) is 0 Å². The van der Waals surface area contributed by atoms with E-state index in [4.69, 9.17) is 0 Å². The molecule has 0 radical (unpaired) electrons. The normalized spacial score (nSPS) is 11.3. The van der Waals surface area contributed by atoms with Gasteiger partial charge >= 0.3 is 0 Å². The lowest BCUT2D eigenvalue weighted by atomic mass is 9.95. The highest BCUT2D eigenvalue weighted by atomic mass is 32.1. The van der Waals surface area contributed by atoms with Crippen LogP contribution in [0, 0.1) is 0 Å². The SMILES string of the molecule is c1ccc(-c2cccc(N(c3ccc(-c4cccc(-c5cccc(-c6ccc7ccccc7c6)c5)c4)cc3)c3ccc4sc5ccccc5c4c3)c2)cc1. The van der Waals surface area contributed by atoms with Gasteiger partial charge in [0.1, 0.15) is 0 Å². The number of benzene rings is 9. The Kier molecular flexibility index (Phi) is 8.09. The lowest BCUT2D eigenvalue weighted by Crippen LogP contribution is -2.10. The van der Waals surface area contributed by atoms with Crippen molar-refractivity contribution in [3.8, 4) is 44.5 Å². The molecule has 54 heavy (non-hydrogen) atoms. The predicted octanol–water partition coefficient (Wildman–Crippen LogP) is 15.3. The number of fused-ring (bicyclic) bond motifs is 4. The number of rotatable bonds is 7. The summed E-state index contributed by atoms with van der Waals surface area (Å²) in [6.45, 7) is 0. The molecule has 0 bridgehead atoms. The smallest absolute Gasteiger partial charge is 0.0468 e. The predicted molar refractivity (Wildman–Crippen MR) is 233 cm³/mol. The zero-order chi connectivity index (χ0) is 35.8. The summed E-state index contributed by atoms with van der Waals surface area (Å²) in [6, 6.07) is 77.2. The number of hydrogen-bond acceptors (Lipinski definition) is 2. The highest BCUT2D eigenvalue weighted by molar-refractivity contribution is 7.25. The Morgan fingerprint density at radius 2 is 0.759 bits per heavy atom. The Hall–Kier alpha value is -6.74. The van der Waals surface area contributed by atoms with Crippen LogP contribution in [0.1, 0.15) is 0 Å². The molecule has 9 aromatic carbocycles. The maximum atomic E-state index is 2.39. The van der Waals surface area contributed by atoms with Crippen LogP contribution in [0.25, 0.3) is 75.5 Å². The largest absolute Gasteiger partial charge is 0.310 e. The molecule has 0 aliphatic carbocycles. The van der Waals surface area contributed by atoms with Crippen LogP contribution in [0.2, 0.25) is 0 Å². The molecule has 10 aromatic rings. The molecule has 1 heterocycles. The summed E-state index contributed by atoms with van der Waals surface area (Å²) in [5.41, 5.74) is 13.0. The van der Waals surface area contributed by atoms with Gasteiger partial charge in [-0.15, -0.1) is 11.3 Å². The van der Waals surface area contributed by atoms with E-state index in [0.29, 0.717) is 0 Å². The van der Waals surface area contributed by atoms with E-state index < -0.39 is 0 Å². The molecule has 0 unspecified atom stereocenters. The Labute approximate surface area is 319 Å². The fourth-order valence-electron chi connectivity index (χ4n) is 7.68. The average Bonchev–Trinajstić information content (AvgIpc) is 3.62. The lowest BCUT2D eigenvalue weighted by molar-refractivity contribution is 1.29. The second-order valence-electron chi connectivity index (χ2n) is 13.8. The highest BCUT2D eigenvalue weighted by Crippen LogP contribution is 2.42. The fourth-order valence-corrected chi connectivity index (χ4v) is 8.77. The number of thiophene rings is 1. The second kappa shape index (κ2) is 13.7. The monoisotopic (exact) mass is 705 g/mol. The van der Waals surface area contributed by atoms with E-state index in [-0.39, 0.29) is 0 Å². The van der Waals surface area contributed by atoms with Crippen molar-refractivity contribution in [2.24, 2.45) is 0 Å². The first-order chi connectivity index (χ1) is 26.7. The summed E-state index contributed by atoms with van der Waals surface area (Å²) >= 11 is 1.85. The second-order valence-corrected chi connectivity index (χ2v) is 14.9. The van der Waals surface area contributed by atoms with Crippen LogP contribution in [0.3, 0.4) is 0 Å². The van der Waals surface area contributed by atoms with E-state index >= 15 is 0 Å². The van der Waals surface area contributed by atoms with Crippen molar-refractivity contribution < 1.29 is 0 Å².